The quantitative estimate of drug-likeness (QED) is 0.872. The van der Waals surface area contributed by atoms with Crippen molar-refractivity contribution in [2.75, 3.05) is 12.4 Å². The number of rotatable bonds is 4. The normalized spacial score (nSPS) is 10.5. The molecule has 0 saturated carbocycles. The Morgan fingerprint density at radius 3 is 2.71 bits per heavy atom. The van der Waals surface area contributed by atoms with Crippen LogP contribution in [0.5, 0.6) is 0 Å². The Morgan fingerprint density at radius 2 is 2.12 bits per heavy atom. The zero-order valence-corrected chi connectivity index (χ0v) is 10.4. The van der Waals surface area contributed by atoms with Crippen molar-refractivity contribution >= 4 is 5.82 Å². The van der Waals surface area contributed by atoms with E-state index < -0.39 is 0 Å². The summed E-state index contributed by atoms with van der Waals surface area (Å²) in [5, 5.41) is 3.11. The maximum Gasteiger partial charge on any atom is 0.158 e. The van der Waals surface area contributed by atoms with Gasteiger partial charge in [0, 0.05) is 32.1 Å². The number of imidazole rings is 1. The fourth-order valence-electron chi connectivity index (χ4n) is 1.90. The molecule has 5 heteroatoms. The lowest BCUT2D eigenvalue weighted by molar-refractivity contribution is 0.878. The van der Waals surface area contributed by atoms with Gasteiger partial charge in [-0.1, -0.05) is 13.3 Å². The van der Waals surface area contributed by atoms with Crippen LogP contribution in [0.2, 0.25) is 0 Å². The van der Waals surface area contributed by atoms with Crippen molar-refractivity contribution in [1.29, 1.82) is 0 Å². The zero-order valence-electron chi connectivity index (χ0n) is 10.4. The minimum absolute atomic E-state index is 0.882. The number of aryl methyl sites for hydroxylation is 1. The van der Waals surface area contributed by atoms with Crippen molar-refractivity contribution in [3.8, 4) is 11.5 Å². The Bertz CT molecular complexity index is 503. The molecule has 0 spiro atoms. The van der Waals surface area contributed by atoms with Crippen LogP contribution >= 0.6 is 0 Å². The second-order valence-electron chi connectivity index (χ2n) is 3.91. The molecule has 0 aliphatic rings. The van der Waals surface area contributed by atoms with Crippen LogP contribution < -0.4 is 5.32 Å². The first-order valence-corrected chi connectivity index (χ1v) is 5.77. The average Bonchev–Trinajstić information content (AvgIpc) is 2.76. The minimum Gasteiger partial charge on any atom is -0.373 e. The lowest BCUT2D eigenvalue weighted by Crippen LogP contribution is -2.05. The van der Waals surface area contributed by atoms with E-state index in [1.54, 1.807) is 12.5 Å². The first-order valence-electron chi connectivity index (χ1n) is 5.77. The van der Waals surface area contributed by atoms with Gasteiger partial charge in [0.1, 0.15) is 17.8 Å². The van der Waals surface area contributed by atoms with Gasteiger partial charge >= 0.3 is 0 Å². The van der Waals surface area contributed by atoms with Gasteiger partial charge in [0.25, 0.3) is 0 Å². The van der Waals surface area contributed by atoms with Crippen molar-refractivity contribution in [3.05, 3.63) is 24.3 Å². The number of nitrogens with one attached hydrogen (secondary N) is 1. The Morgan fingerprint density at radius 1 is 1.29 bits per heavy atom. The summed E-state index contributed by atoms with van der Waals surface area (Å²) in [6, 6.07) is 0. The van der Waals surface area contributed by atoms with Gasteiger partial charge in [0.05, 0.1) is 0 Å². The second kappa shape index (κ2) is 4.95. The summed E-state index contributed by atoms with van der Waals surface area (Å²) in [4.78, 5) is 13.0. The van der Waals surface area contributed by atoms with Gasteiger partial charge in [-0.3, -0.25) is 0 Å². The summed E-state index contributed by atoms with van der Waals surface area (Å²) in [6.07, 6.45) is 7.28. The second-order valence-corrected chi connectivity index (χ2v) is 3.91. The third kappa shape index (κ3) is 2.13. The highest BCUT2D eigenvalue weighted by molar-refractivity contribution is 5.63. The highest BCUT2D eigenvalue weighted by atomic mass is 15.1. The van der Waals surface area contributed by atoms with Crippen LogP contribution in [-0.4, -0.2) is 26.6 Å². The van der Waals surface area contributed by atoms with Crippen LogP contribution in [0, 0.1) is 0 Å². The number of nitrogens with zero attached hydrogens (tertiary/aromatic N) is 4. The van der Waals surface area contributed by atoms with Crippen LogP contribution in [-0.2, 0) is 13.5 Å². The number of anilines is 1. The molecule has 0 unspecified atom stereocenters. The molecule has 17 heavy (non-hydrogen) atoms. The predicted molar refractivity (Wildman–Crippen MR) is 67.8 cm³/mol. The van der Waals surface area contributed by atoms with Crippen molar-refractivity contribution in [1.82, 2.24) is 19.5 Å². The van der Waals surface area contributed by atoms with Gasteiger partial charge in [-0.25, -0.2) is 15.0 Å². The molecule has 0 aliphatic heterocycles. The van der Waals surface area contributed by atoms with E-state index >= 15 is 0 Å². The van der Waals surface area contributed by atoms with E-state index in [1.165, 1.54) is 0 Å². The highest BCUT2D eigenvalue weighted by Crippen LogP contribution is 2.24. The van der Waals surface area contributed by atoms with Crippen LogP contribution in [0.15, 0.2) is 18.7 Å². The van der Waals surface area contributed by atoms with E-state index in [2.05, 4.69) is 27.2 Å². The van der Waals surface area contributed by atoms with Crippen molar-refractivity contribution < 1.29 is 0 Å². The van der Waals surface area contributed by atoms with Crippen LogP contribution in [0.4, 0.5) is 5.82 Å². The van der Waals surface area contributed by atoms with Gasteiger partial charge in [0.2, 0.25) is 0 Å². The lowest BCUT2D eigenvalue weighted by Gasteiger charge is -2.11. The maximum atomic E-state index is 4.37. The largest absolute Gasteiger partial charge is 0.373 e. The fraction of sp³-hybridized carbons (Fsp3) is 0.417. The van der Waals surface area contributed by atoms with Crippen LogP contribution in [0.1, 0.15) is 18.9 Å². The van der Waals surface area contributed by atoms with Gasteiger partial charge < -0.3 is 9.88 Å². The summed E-state index contributed by atoms with van der Waals surface area (Å²) < 4.78 is 1.97. The Balaban J connectivity index is 2.57. The van der Waals surface area contributed by atoms with E-state index in [1.807, 2.05) is 24.9 Å². The molecule has 2 rings (SSSR count). The standard InChI is InChI=1S/C12H17N5/c1-4-5-9-10(12-14-6-7-17(12)3)15-8-16-11(9)13-2/h6-8H,4-5H2,1-3H3,(H,13,15,16). The summed E-state index contributed by atoms with van der Waals surface area (Å²) in [6.45, 7) is 2.15. The van der Waals surface area contributed by atoms with E-state index in [-0.39, 0.29) is 0 Å². The molecule has 0 aromatic carbocycles. The van der Waals surface area contributed by atoms with E-state index in [0.29, 0.717) is 0 Å². The molecule has 1 N–H and O–H groups in total. The topological polar surface area (TPSA) is 55.6 Å². The van der Waals surface area contributed by atoms with Crippen LogP contribution in [0.25, 0.3) is 11.5 Å². The molecular formula is C12H17N5. The molecule has 2 heterocycles. The van der Waals surface area contributed by atoms with Gasteiger partial charge in [-0.2, -0.15) is 0 Å². The third-order valence-electron chi connectivity index (χ3n) is 2.72. The van der Waals surface area contributed by atoms with Crippen molar-refractivity contribution in [2.24, 2.45) is 7.05 Å². The van der Waals surface area contributed by atoms with Crippen molar-refractivity contribution in [2.45, 2.75) is 19.8 Å². The van der Waals surface area contributed by atoms with Gasteiger partial charge in [0.15, 0.2) is 5.82 Å². The van der Waals surface area contributed by atoms with Crippen LogP contribution in [0.3, 0.4) is 0 Å². The Labute approximate surface area is 101 Å². The molecule has 0 saturated heterocycles. The van der Waals surface area contributed by atoms with Gasteiger partial charge in [-0.05, 0) is 6.42 Å². The first kappa shape index (κ1) is 11.6. The van der Waals surface area contributed by atoms with E-state index in [4.69, 9.17) is 0 Å². The molecule has 0 bridgehead atoms. The molecule has 0 radical (unpaired) electrons. The molecule has 2 aromatic rings. The molecule has 90 valence electrons. The maximum absolute atomic E-state index is 4.37. The number of aromatic nitrogens is 4. The monoisotopic (exact) mass is 231 g/mol. The first-order chi connectivity index (χ1) is 8.27. The third-order valence-corrected chi connectivity index (χ3v) is 2.72. The zero-order chi connectivity index (χ0) is 12.3. The average molecular weight is 231 g/mol. The highest BCUT2D eigenvalue weighted by Gasteiger charge is 2.14. The molecule has 0 aliphatic carbocycles. The lowest BCUT2D eigenvalue weighted by atomic mass is 10.1. The molecule has 5 nitrogen and oxygen atoms in total. The number of hydrogen-bond donors (Lipinski definition) is 1. The minimum atomic E-state index is 0.882. The van der Waals surface area contributed by atoms with E-state index in [0.717, 1.165) is 35.7 Å². The smallest absolute Gasteiger partial charge is 0.158 e. The molecule has 2 aromatic heterocycles. The summed E-state index contributed by atoms with van der Waals surface area (Å²) in [5.41, 5.74) is 2.05. The van der Waals surface area contributed by atoms with E-state index in [9.17, 15) is 0 Å². The SMILES string of the molecule is CCCc1c(NC)ncnc1-c1nccn1C. The van der Waals surface area contributed by atoms with Gasteiger partial charge in [-0.15, -0.1) is 0 Å². The molecule has 0 amide bonds. The molecule has 0 atom stereocenters. The summed E-state index contributed by atoms with van der Waals surface area (Å²) >= 11 is 0. The molecule has 0 fully saturated rings. The number of hydrogen-bond acceptors (Lipinski definition) is 4. The van der Waals surface area contributed by atoms with Crippen molar-refractivity contribution in [3.63, 3.8) is 0 Å². The Kier molecular flexibility index (Phi) is 3.37. The predicted octanol–water partition coefficient (Wildman–Crippen LogP) is 1.87. The Hall–Kier alpha value is -1.91. The summed E-state index contributed by atoms with van der Waals surface area (Å²) in [7, 11) is 3.85. The molecular weight excluding hydrogens is 214 g/mol. The fourth-order valence-corrected chi connectivity index (χ4v) is 1.90. The summed E-state index contributed by atoms with van der Waals surface area (Å²) in [5.74, 6) is 1.77.